The number of aromatic nitrogens is 1. The molecule has 6 heteroatoms. The fourth-order valence-electron chi connectivity index (χ4n) is 3.95. The summed E-state index contributed by atoms with van der Waals surface area (Å²) in [5.41, 5.74) is 5.08. The number of hydrogen-bond acceptors (Lipinski definition) is 5. The summed E-state index contributed by atoms with van der Waals surface area (Å²) in [5, 5.41) is 7.49. The number of carbonyl (C=O) groups excluding carboxylic acids is 1. The summed E-state index contributed by atoms with van der Waals surface area (Å²) in [6.07, 6.45) is -0.337. The van der Waals surface area contributed by atoms with Crippen LogP contribution < -0.4 is 15.0 Å². The van der Waals surface area contributed by atoms with Gasteiger partial charge in [-0.15, -0.1) is 0 Å². The maximum atomic E-state index is 13.4. The fourth-order valence-corrected chi connectivity index (χ4v) is 3.95. The van der Waals surface area contributed by atoms with Crippen molar-refractivity contribution in [2.75, 3.05) is 10.2 Å². The first-order valence-electron chi connectivity index (χ1n) is 10.5. The van der Waals surface area contributed by atoms with Crippen LogP contribution in [0.5, 0.6) is 5.75 Å². The molecule has 1 atom stereocenters. The van der Waals surface area contributed by atoms with Crippen LogP contribution in [-0.4, -0.2) is 11.1 Å². The lowest BCUT2D eigenvalue weighted by atomic mass is 10.0. The summed E-state index contributed by atoms with van der Waals surface area (Å²) in [7, 11) is 0. The molecule has 1 aromatic heterocycles. The summed E-state index contributed by atoms with van der Waals surface area (Å²) in [5.74, 6) is 1.47. The maximum absolute atomic E-state index is 13.4. The number of benzene rings is 3. The highest BCUT2D eigenvalue weighted by molar-refractivity contribution is 6.12. The molecular formula is C26H23N3O3. The van der Waals surface area contributed by atoms with Crippen molar-refractivity contribution >= 4 is 17.3 Å². The summed E-state index contributed by atoms with van der Waals surface area (Å²) in [6, 6.07) is 25.1. The Balaban J connectivity index is 1.43. The number of nitrogens with zero attached hydrogens (tertiary/aromatic N) is 2. The van der Waals surface area contributed by atoms with E-state index in [0.717, 1.165) is 39.7 Å². The van der Waals surface area contributed by atoms with Gasteiger partial charge in [-0.3, -0.25) is 9.69 Å². The van der Waals surface area contributed by atoms with E-state index < -0.39 is 0 Å². The van der Waals surface area contributed by atoms with E-state index in [2.05, 4.69) is 10.5 Å². The molecule has 1 amide bonds. The SMILES string of the molecule is Cc1noc(C)c1COc1ccc(C2Nc3ccccc3C(=O)N2c2ccccc2)cc1. The van der Waals surface area contributed by atoms with Crippen molar-refractivity contribution in [3.8, 4) is 5.75 Å². The molecule has 0 aliphatic carbocycles. The number of aryl methyl sites for hydroxylation is 2. The highest BCUT2D eigenvalue weighted by Gasteiger charge is 2.33. The van der Waals surface area contributed by atoms with Gasteiger partial charge in [-0.05, 0) is 55.8 Å². The second-order valence-electron chi connectivity index (χ2n) is 7.76. The molecule has 3 aromatic carbocycles. The average Bonchev–Trinajstić information content (AvgIpc) is 3.15. The zero-order valence-electron chi connectivity index (χ0n) is 17.9. The lowest BCUT2D eigenvalue weighted by Crippen LogP contribution is -2.43. The van der Waals surface area contributed by atoms with E-state index in [9.17, 15) is 4.79 Å². The molecule has 6 nitrogen and oxygen atoms in total. The van der Waals surface area contributed by atoms with E-state index >= 15 is 0 Å². The van der Waals surface area contributed by atoms with Crippen LogP contribution in [0.1, 0.15) is 39.1 Å². The first-order chi connectivity index (χ1) is 15.6. The third-order valence-corrected chi connectivity index (χ3v) is 5.72. The second kappa shape index (κ2) is 8.23. The van der Waals surface area contributed by atoms with Gasteiger partial charge in [0.15, 0.2) is 0 Å². The zero-order chi connectivity index (χ0) is 22.1. The quantitative estimate of drug-likeness (QED) is 0.448. The van der Waals surface area contributed by atoms with Crippen LogP contribution >= 0.6 is 0 Å². The van der Waals surface area contributed by atoms with Crippen LogP contribution in [0.3, 0.4) is 0 Å². The van der Waals surface area contributed by atoms with Crippen molar-refractivity contribution in [2.24, 2.45) is 0 Å². The number of para-hydroxylation sites is 2. The van der Waals surface area contributed by atoms with Gasteiger partial charge in [-0.25, -0.2) is 0 Å². The maximum Gasteiger partial charge on any atom is 0.262 e. The standard InChI is InChI=1S/C26H23N3O3/c1-17-23(18(2)32-28-17)16-31-21-14-12-19(13-15-21)25-27-24-11-7-6-10-22(24)26(30)29(25)20-8-4-3-5-9-20/h3-15,25,27H,16H2,1-2H3. The minimum atomic E-state index is -0.337. The largest absolute Gasteiger partial charge is 0.489 e. The van der Waals surface area contributed by atoms with E-state index in [1.165, 1.54) is 0 Å². The van der Waals surface area contributed by atoms with Crippen molar-refractivity contribution in [3.05, 3.63) is 107 Å². The van der Waals surface area contributed by atoms with Crippen LogP contribution in [-0.2, 0) is 6.61 Å². The van der Waals surface area contributed by atoms with Gasteiger partial charge in [0.1, 0.15) is 24.3 Å². The fraction of sp³-hybridized carbons (Fsp3) is 0.154. The third-order valence-electron chi connectivity index (χ3n) is 5.72. The number of amides is 1. The van der Waals surface area contributed by atoms with E-state index in [0.29, 0.717) is 12.2 Å². The van der Waals surface area contributed by atoms with Crippen molar-refractivity contribution in [1.82, 2.24) is 5.16 Å². The lowest BCUT2D eigenvalue weighted by molar-refractivity contribution is 0.0975. The molecule has 0 radical (unpaired) electrons. The van der Waals surface area contributed by atoms with E-state index in [4.69, 9.17) is 9.26 Å². The molecule has 1 aliphatic heterocycles. The Bertz CT molecular complexity index is 1230. The minimum absolute atomic E-state index is 0.0331. The van der Waals surface area contributed by atoms with Crippen LogP contribution in [0.15, 0.2) is 83.4 Å². The molecule has 0 saturated heterocycles. The van der Waals surface area contributed by atoms with E-state index in [-0.39, 0.29) is 12.1 Å². The molecular weight excluding hydrogens is 402 g/mol. The lowest BCUT2D eigenvalue weighted by Gasteiger charge is -2.38. The number of carbonyl (C=O) groups is 1. The number of ether oxygens (including phenoxy) is 1. The first kappa shape index (κ1) is 19.9. The van der Waals surface area contributed by atoms with E-state index in [1.54, 1.807) is 4.90 Å². The first-order valence-corrected chi connectivity index (χ1v) is 10.5. The van der Waals surface area contributed by atoms with Gasteiger partial charge in [0.05, 0.1) is 16.8 Å². The molecule has 0 spiro atoms. The van der Waals surface area contributed by atoms with Crippen molar-refractivity contribution < 1.29 is 14.1 Å². The van der Waals surface area contributed by atoms with Gasteiger partial charge in [0.2, 0.25) is 0 Å². The summed E-state index contributed by atoms with van der Waals surface area (Å²) in [6.45, 7) is 4.17. The van der Waals surface area contributed by atoms with Gasteiger partial charge in [-0.1, -0.05) is 47.6 Å². The molecule has 4 aromatic rings. The Hall–Kier alpha value is -4.06. The number of fused-ring (bicyclic) bond motifs is 1. The molecule has 1 N–H and O–H groups in total. The summed E-state index contributed by atoms with van der Waals surface area (Å²) in [4.78, 5) is 15.2. The monoisotopic (exact) mass is 425 g/mol. The molecule has 0 fully saturated rings. The molecule has 32 heavy (non-hydrogen) atoms. The van der Waals surface area contributed by atoms with Crippen molar-refractivity contribution in [2.45, 2.75) is 26.6 Å². The summed E-state index contributed by atoms with van der Waals surface area (Å²) >= 11 is 0. The Kier molecular flexibility index (Phi) is 5.11. The average molecular weight is 425 g/mol. The van der Waals surface area contributed by atoms with E-state index in [1.807, 2.05) is 92.7 Å². The molecule has 0 saturated carbocycles. The molecule has 0 bridgehead atoms. The normalized spacial score (nSPS) is 15.2. The topological polar surface area (TPSA) is 67.6 Å². The Labute approximate surface area is 186 Å². The molecule has 1 unspecified atom stereocenters. The molecule has 5 rings (SSSR count). The number of rotatable bonds is 5. The smallest absolute Gasteiger partial charge is 0.262 e. The van der Waals surface area contributed by atoms with Gasteiger partial charge >= 0.3 is 0 Å². The third kappa shape index (κ3) is 3.60. The molecule has 1 aliphatic rings. The van der Waals surface area contributed by atoms with Crippen LogP contribution in [0.4, 0.5) is 11.4 Å². The highest BCUT2D eigenvalue weighted by Crippen LogP contribution is 2.36. The van der Waals surface area contributed by atoms with Gasteiger partial charge in [0, 0.05) is 11.4 Å². The number of hydrogen-bond donors (Lipinski definition) is 1. The minimum Gasteiger partial charge on any atom is -0.489 e. The Morgan fingerprint density at radius 2 is 1.69 bits per heavy atom. The predicted molar refractivity (Wildman–Crippen MR) is 123 cm³/mol. The predicted octanol–water partition coefficient (Wildman–Crippen LogP) is 5.64. The Morgan fingerprint density at radius 1 is 0.969 bits per heavy atom. The van der Waals surface area contributed by atoms with Crippen molar-refractivity contribution in [1.29, 1.82) is 0 Å². The summed E-state index contributed by atoms with van der Waals surface area (Å²) < 4.78 is 11.1. The number of nitrogens with one attached hydrogen (secondary N) is 1. The molecule has 2 heterocycles. The van der Waals surface area contributed by atoms with Crippen molar-refractivity contribution in [3.63, 3.8) is 0 Å². The van der Waals surface area contributed by atoms with Crippen LogP contribution in [0, 0.1) is 13.8 Å². The number of anilines is 2. The Morgan fingerprint density at radius 3 is 2.41 bits per heavy atom. The highest BCUT2D eigenvalue weighted by atomic mass is 16.5. The zero-order valence-corrected chi connectivity index (χ0v) is 17.9. The van der Waals surface area contributed by atoms with Gasteiger partial charge in [-0.2, -0.15) is 0 Å². The molecule has 160 valence electrons. The van der Waals surface area contributed by atoms with Crippen LogP contribution in [0.2, 0.25) is 0 Å². The second-order valence-corrected chi connectivity index (χ2v) is 7.76. The van der Waals surface area contributed by atoms with Gasteiger partial charge < -0.3 is 14.6 Å². The van der Waals surface area contributed by atoms with Gasteiger partial charge in [0.25, 0.3) is 5.91 Å². The van der Waals surface area contributed by atoms with Crippen LogP contribution in [0.25, 0.3) is 0 Å².